The van der Waals surface area contributed by atoms with E-state index in [0.29, 0.717) is 22.5 Å². The molecule has 0 fully saturated rings. The van der Waals surface area contributed by atoms with E-state index < -0.39 is 6.23 Å². The van der Waals surface area contributed by atoms with E-state index in [2.05, 4.69) is 82.6 Å². The van der Waals surface area contributed by atoms with Crippen molar-refractivity contribution in [1.82, 2.24) is 9.80 Å². The number of amides is 1. The van der Waals surface area contributed by atoms with Crippen LogP contribution in [0.4, 0.5) is 34.1 Å². The molecule has 0 radical (unpaired) electrons. The van der Waals surface area contributed by atoms with Gasteiger partial charge in [0.2, 0.25) is 0 Å². The van der Waals surface area contributed by atoms with E-state index in [-0.39, 0.29) is 5.91 Å². The summed E-state index contributed by atoms with van der Waals surface area (Å²) in [6.45, 7) is 0. The van der Waals surface area contributed by atoms with Crippen LogP contribution >= 0.6 is 0 Å². The summed E-state index contributed by atoms with van der Waals surface area (Å²) < 4.78 is 0. The predicted molar refractivity (Wildman–Crippen MR) is 203 cm³/mol. The van der Waals surface area contributed by atoms with Crippen LogP contribution in [0, 0.1) is 0 Å². The molecule has 1 N–H and O–H groups in total. The van der Waals surface area contributed by atoms with Crippen molar-refractivity contribution in [2.75, 3.05) is 23.9 Å². The highest BCUT2D eigenvalue weighted by atomic mass is 16.3. The van der Waals surface area contributed by atoms with Gasteiger partial charge >= 0.3 is 0 Å². The minimum Gasteiger partial charge on any atom is -0.369 e. The minimum atomic E-state index is -0.974. The predicted octanol–water partition coefficient (Wildman–Crippen LogP) is 9.48. The van der Waals surface area contributed by atoms with Crippen LogP contribution in [0.3, 0.4) is 0 Å². The second-order valence-corrected chi connectivity index (χ2v) is 12.4. The van der Waals surface area contributed by atoms with Gasteiger partial charge in [-0.2, -0.15) is 0 Å². The Morgan fingerprint density at radius 1 is 0.460 bits per heavy atom. The molecule has 2 aliphatic heterocycles. The molecule has 6 heteroatoms. The Labute approximate surface area is 292 Å². The zero-order chi connectivity index (χ0) is 34.2. The van der Waals surface area contributed by atoms with Gasteiger partial charge in [-0.1, -0.05) is 97.1 Å². The van der Waals surface area contributed by atoms with E-state index in [0.717, 1.165) is 45.3 Å². The first-order valence-electron chi connectivity index (χ1n) is 16.7. The van der Waals surface area contributed by atoms with Crippen LogP contribution in [0.1, 0.15) is 11.1 Å². The largest absolute Gasteiger partial charge is 0.369 e. The number of carbonyl (C=O) groups excluding carboxylic acids is 1. The summed E-state index contributed by atoms with van der Waals surface area (Å²) in [5, 5.41) is 11.7. The lowest BCUT2D eigenvalue weighted by atomic mass is 10.0. The second kappa shape index (κ2) is 12.9. The zero-order valence-electron chi connectivity index (χ0n) is 27.9. The molecule has 1 amide bonds. The third-order valence-corrected chi connectivity index (χ3v) is 9.45. The molecule has 0 saturated carbocycles. The first-order valence-corrected chi connectivity index (χ1v) is 16.7. The van der Waals surface area contributed by atoms with Gasteiger partial charge in [0, 0.05) is 53.8 Å². The fourth-order valence-corrected chi connectivity index (χ4v) is 7.09. The van der Waals surface area contributed by atoms with E-state index in [1.807, 2.05) is 104 Å². The number of likely N-dealkylation sites (N-methyl/N-ethyl adjacent to an activating group) is 2. The molecular weight excluding hydrogens is 617 g/mol. The molecule has 6 aromatic rings. The number of hydrogen-bond acceptors (Lipinski definition) is 5. The van der Waals surface area contributed by atoms with Gasteiger partial charge in [0.25, 0.3) is 5.91 Å². The average Bonchev–Trinajstić information content (AvgIpc) is 3.58. The topological polar surface area (TPSA) is 50.3 Å². The fourth-order valence-electron chi connectivity index (χ4n) is 7.09. The Morgan fingerprint density at radius 2 is 0.780 bits per heavy atom. The van der Waals surface area contributed by atoms with Gasteiger partial charge in [0.1, 0.15) is 0 Å². The summed E-state index contributed by atoms with van der Waals surface area (Å²) in [7, 11) is 3.63. The quantitative estimate of drug-likeness (QED) is 0.178. The lowest BCUT2D eigenvalue weighted by Gasteiger charge is -2.27. The molecule has 244 valence electrons. The van der Waals surface area contributed by atoms with Crippen LogP contribution in [0.2, 0.25) is 0 Å². The number of benzene rings is 6. The molecule has 2 aliphatic rings. The summed E-state index contributed by atoms with van der Waals surface area (Å²) in [4.78, 5) is 21.9. The van der Waals surface area contributed by atoms with Crippen molar-refractivity contribution in [3.63, 3.8) is 0 Å². The Bertz CT molecular complexity index is 2120. The highest BCUT2D eigenvalue weighted by molar-refractivity contribution is 6.16. The first kappa shape index (κ1) is 30.9. The number of rotatable bonds is 8. The minimum absolute atomic E-state index is 0.132. The summed E-state index contributed by atoms with van der Waals surface area (Å²) in [6, 6.07) is 57.4. The molecule has 6 aromatic carbocycles. The van der Waals surface area contributed by atoms with Gasteiger partial charge in [0.05, 0.1) is 17.0 Å². The maximum atomic E-state index is 14.0. The van der Waals surface area contributed by atoms with Crippen LogP contribution in [-0.4, -0.2) is 41.1 Å². The van der Waals surface area contributed by atoms with Crippen molar-refractivity contribution < 1.29 is 9.90 Å². The monoisotopic (exact) mass is 652 g/mol. The Hall–Kier alpha value is -6.37. The summed E-state index contributed by atoms with van der Waals surface area (Å²) in [5.74, 6) is -0.132. The fraction of sp³-hybridized carbons (Fsp3) is 0.0682. The van der Waals surface area contributed by atoms with Crippen molar-refractivity contribution in [1.29, 1.82) is 0 Å². The van der Waals surface area contributed by atoms with Gasteiger partial charge in [0.15, 0.2) is 6.23 Å². The number of aliphatic hydroxyl groups is 1. The Morgan fingerprint density at radius 3 is 1.14 bits per heavy atom. The van der Waals surface area contributed by atoms with Crippen LogP contribution < -0.4 is 9.80 Å². The third kappa shape index (κ3) is 5.32. The van der Waals surface area contributed by atoms with Gasteiger partial charge in [-0.25, -0.2) is 0 Å². The van der Waals surface area contributed by atoms with Crippen molar-refractivity contribution >= 4 is 51.4 Å². The molecular formula is C44H36N4O2. The number of carbonyl (C=O) groups is 1. The molecule has 0 aliphatic carbocycles. The van der Waals surface area contributed by atoms with E-state index in [1.165, 1.54) is 0 Å². The SMILES string of the molecule is CN1C(=O)C2=C(c3ccc(N(c4ccccc4)c4ccccc4)cc3)N(C)C(O)C2=C1c1ccc(N(c2ccccc2)c2ccccc2)cc1. The molecule has 6 nitrogen and oxygen atoms in total. The van der Waals surface area contributed by atoms with Crippen LogP contribution in [0.25, 0.3) is 11.4 Å². The number of para-hydroxylation sites is 4. The van der Waals surface area contributed by atoms with Crippen molar-refractivity contribution in [2.45, 2.75) is 6.23 Å². The Kier molecular flexibility index (Phi) is 7.99. The highest BCUT2D eigenvalue weighted by Gasteiger charge is 2.46. The molecule has 8 rings (SSSR count). The molecule has 0 saturated heterocycles. The molecule has 1 unspecified atom stereocenters. The van der Waals surface area contributed by atoms with Gasteiger partial charge in [-0.15, -0.1) is 0 Å². The van der Waals surface area contributed by atoms with Gasteiger partial charge in [-0.05, 0) is 83.9 Å². The average molecular weight is 653 g/mol. The second-order valence-electron chi connectivity index (χ2n) is 12.4. The number of hydrogen-bond donors (Lipinski definition) is 1. The summed E-state index contributed by atoms with van der Waals surface area (Å²) in [6.07, 6.45) is -0.974. The zero-order valence-corrected chi connectivity index (χ0v) is 27.9. The number of nitrogens with zero attached hydrogens (tertiary/aromatic N) is 4. The van der Waals surface area contributed by atoms with E-state index in [1.54, 1.807) is 16.8 Å². The standard InChI is InChI=1S/C44H36N4O2/c1-45-41(31-23-27-37(28-24-31)47(33-15-7-3-8-16-33)34-17-9-4-10-18-34)39-40(43(45)49)42(46(2)44(39)50)32-25-29-38(30-26-32)48(35-19-11-5-12-20-35)36-21-13-6-14-22-36/h3-30,43,49H,1-2H3. The lowest BCUT2D eigenvalue weighted by molar-refractivity contribution is -0.122. The summed E-state index contributed by atoms with van der Waals surface area (Å²) >= 11 is 0. The van der Waals surface area contributed by atoms with Crippen LogP contribution in [0.15, 0.2) is 181 Å². The molecule has 50 heavy (non-hydrogen) atoms. The van der Waals surface area contributed by atoms with Crippen molar-refractivity contribution in [3.05, 3.63) is 192 Å². The molecule has 2 heterocycles. The first-order chi connectivity index (χ1) is 24.5. The Balaban J connectivity index is 1.17. The molecule has 0 aromatic heterocycles. The number of aliphatic hydroxyl groups excluding tert-OH is 1. The van der Waals surface area contributed by atoms with Gasteiger partial charge < -0.3 is 24.7 Å². The summed E-state index contributed by atoms with van der Waals surface area (Å²) in [5.41, 5.74) is 10.5. The maximum absolute atomic E-state index is 14.0. The number of fused-ring (bicyclic) bond motifs is 1. The maximum Gasteiger partial charge on any atom is 0.260 e. The van der Waals surface area contributed by atoms with Crippen molar-refractivity contribution in [2.24, 2.45) is 0 Å². The smallest absolute Gasteiger partial charge is 0.260 e. The van der Waals surface area contributed by atoms with E-state index in [9.17, 15) is 9.90 Å². The normalized spacial score (nSPS) is 15.5. The van der Waals surface area contributed by atoms with E-state index >= 15 is 0 Å². The third-order valence-electron chi connectivity index (χ3n) is 9.45. The van der Waals surface area contributed by atoms with Crippen LogP contribution in [-0.2, 0) is 4.79 Å². The lowest BCUT2D eigenvalue weighted by Crippen LogP contribution is -2.28. The van der Waals surface area contributed by atoms with Crippen molar-refractivity contribution in [3.8, 4) is 0 Å². The van der Waals surface area contributed by atoms with E-state index in [4.69, 9.17) is 0 Å². The highest BCUT2D eigenvalue weighted by Crippen LogP contribution is 2.48. The molecule has 0 bridgehead atoms. The molecule has 0 spiro atoms. The van der Waals surface area contributed by atoms with Crippen LogP contribution in [0.5, 0.6) is 0 Å². The van der Waals surface area contributed by atoms with Gasteiger partial charge in [-0.3, -0.25) is 4.79 Å². The molecule has 1 atom stereocenters. The number of anilines is 6.